The summed E-state index contributed by atoms with van der Waals surface area (Å²) in [6, 6.07) is 8.47. The normalized spacial score (nSPS) is 12.7. The third kappa shape index (κ3) is 1.99. The number of hydrogen-bond donors (Lipinski definition) is 1. The Bertz CT molecular complexity index is 461. The van der Waals surface area contributed by atoms with Gasteiger partial charge in [0, 0.05) is 5.56 Å². The fourth-order valence-electron chi connectivity index (χ4n) is 1.85. The summed E-state index contributed by atoms with van der Waals surface area (Å²) in [6.45, 7) is 1.92. The number of nitrogens with one attached hydrogen (secondary N) is 1. The van der Waals surface area contributed by atoms with E-state index in [0.717, 1.165) is 16.9 Å². The second-order valence-corrected chi connectivity index (χ2v) is 3.71. The van der Waals surface area contributed by atoms with Crippen LogP contribution in [-0.2, 0) is 0 Å². The summed E-state index contributed by atoms with van der Waals surface area (Å²) in [5.74, 6) is 0.659. The lowest BCUT2D eigenvalue weighted by Crippen LogP contribution is -2.17. The van der Waals surface area contributed by atoms with E-state index in [9.17, 15) is 4.39 Å². The van der Waals surface area contributed by atoms with Crippen LogP contribution >= 0.6 is 0 Å². The molecule has 1 aromatic carbocycles. The molecule has 1 atom stereocenters. The zero-order valence-corrected chi connectivity index (χ0v) is 9.33. The molecule has 2 nitrogen and oxygen atoms in total. The molecule has 0 bridgehead atoms. The number of aryl methyl sites for hydroxylation is 1. The molecule has 1 N–H and O–H groups in total. The summed E-state index contributed by atoms with van der Waals surface area (Å²) in [5.41, 5.74) is 2.10. The van der Waals surface area contributed by atoms with Crippen LogP contribution in [0.2, 0.25) is 0 Å². The van der Waals surface area contributed by atoms with Gasteiger partial charge in [-0.3, -0.25) is 0 Å². The molecule has 0 aliphatic carbocycles. The summed E-state index contributed by atoms with van der Waals surface area (Å²) in [6.07, 6.45) is 1.67. The second-order valence-electron chi connectivity index (χ2n) is 3.71. The van der Waals surface area contributed by atoms with E-state index in [2.05, 4.69) is 5.32 Å². The highest BCUT2D eigenvalue weighted by Gasteiger charge is 2.15. The topological polar surface area (TPSA) is 25.2 Å². The zero-order chi connectivity index (χ0) is 11.5. The Morgan fingerprint density at radius 1 is 1.19 bits per heavy atom. The Kier molecular flexibility index (Phi) is 3.06. The van der Waals surface area contributed by atoms with Crippen molar-refractivity contribution in [3.8, 4) is 0 Å². The van der Waals surface area contributed by atoms with Crippen LogP contribution < -0.4 is 5.32 Å². The second kappa shape index (κ2) is 4.49. The van der Waals surface area contributed by atoms with E-state index >= 15 is 0 Å². The number of rotatable bonds is 3. The molecule has 0 amide bonds. The van der Waals surface area contributed by atoms with Gasteiger partial charge in [0.15, 0.2) is 0 Å². The minimum atomic E-state index is -0.220. The first kappa shape index (κ1) is 10.9. The monoisotopic (exact) mass is 219 g/mol. The summed E-state index contributed by atoms with van der Waals surface area (Å²) >= 11 is 0. The maximum atomic E-state index is 12.8. The Hall–Kier alpha value is -1.61. The molecule has 0 saturated carbocycles. The van der Waals surface area contributed by atoms with E-state index in [1.165, 1.54) is 12.1 Å². The fourth-order valence-corrected chi connectivity index (χ4v) is 1.85. The van der Waals surface area contributed by atoms with Crippen LogP contribution in [0.25, 0.3) is 0 Å². The maximum Gasteiger partial charge on any atom is 0.123 e. The predicted molar refractivity (Wildman–Crippen MR) is 60.7 cm³/mol. The summed E-state index contributed by atoms with van der Waals surface area (Å²) in [7, 11) is 1.88. The van der Waals surface area contributed by atoms with Crippen LogP contribution in [-0.4, -0.2) is 7.05 Å². The standard InChI is InChI=1S/C13H14FNO/c1-9-12(7-8-16-9)13(15-2)10-3-5-11(14)6-4-10/h3-8,13,15H,1-2H3. The van der Waals surface area contributed by atoms with E-state index < -0.39 is 0 Å². The van der Waals surface area contributed by atoms with Crippen LogP contribution in [0, 0.1) is 12.7 Å². The molecule has 0 aliphatic heterocycles. The molecule has 0 spiro atoms. The maximum absolute atomic E-state index is 12.8. The first-order chi connectivity index (χ1) is 7.72. The van der Waals surface area contributed by atoms with Crippen LogP contribution in [0.5, 0.6) is 0 Å². The highest BCUT2D eigenvalue weighted by molar-refractivity contribution is 5.32. The molecule has 0 saturated heterocycles. The Balaban J connectivity index is 2.37. The lowest BCUT2D eigenvalue weighted by atomic mass is 9.99. The molecule has 1 unspecified atom stereocenters. The van der Waals surface area contributed by atoms with Crippen LogP contribution in [0.1, 0.15) is 22.9 Å². The van der Waals surface area contributed by atoms with Gasteiger partial charge in [0.05, 0.1) is 12.3 Å². The van der Waals surface area contributed by atoms with Crippen molar-refractivity contribution in [1.82, 2.24) is 5.32 Å². The largest absolute Gasteiger partial charge is 0.469 e. The summed E-state index contributed by atoms with van der Waals surface area (Å²) < 4.78 is 18.1. The molecule has 1 heterocycles. The molecule has 16 heavy (non-hydrogen) atoms. The molecule has 84 valence electrons. The van der Waals surface area contributed by atoms with Crippen molar-refractivity contribution in [1.29, 1.82) is 0 Å². The molecule has 0 aliphatic rings. The summed E-state index contributed by atoms with van der Waals surface area (Å²) in [4.78, 5) is 0. The molecule has 1 aromatic heterocycles. The van der Waals surface area contributed by atoms with Crippen LogP contribution in [0.3, 0.4) is 0 Å². The average molecular weight is 219 g/mol. The quantitative estimate of drug-likeness (QED) is 0.858. The molecule has 2 aromatic rings. The van der Waals surface area contributed by atoms with Crippen molar-refractivity contribution in [2.75, 3.05) is 7.05 Å². The van der Waals surface area contributed by atoms with Crippen molar-refractivity contribution in [2.24, 2.45) is 0 Å². The summed E-state index contributed by atoms with van der Waals surface area (Å²) in [5, 5.41) is 3.20. The van der Waals surface area contributed by atoms with Gasteiger partial charge in [-0.25, -0.2) is 4.39 Å². The number of benzene rings is 1. The van der Waals surface area contributed by atoms with Gasteiger partial charge in [0.2, 0.25) is 0 Å². The van der Waals surface area contributed by atoms with Crippen molar-refractivity contribution >= 4 is 0 Å². The third-order valence-electron chi connectivity index (χ3n) is 2.70. The Labute approximate surface area is 94.1 Å². The molecular weight excluding hydrogens is 205 g/mol. The predicted octanol–water partition coefficient (Wildman–Crippen LogP) is 3.04. The smallest absolute Gasteiger partial charge is 0.123 e. The van der Waals surface area contributed by atoms with Gasteiger partial charge in [-0.1, -0.05) is 12.1 Å². The molecule has 0 radical (unpaired) electrons. The fraction of sp³-hybridized carbons (Fsp3) is 0.231. The van der Waals surface area contributed by atoms with Gasteiger partial charge in [0.25, 0.3) is 0 Å². The van der Waals surface area contributed by atoms with Crippen molar-refractivity contribution < 1.29 is 8.81 Å². The molecular formula is C13H14FNO. The van der Waals surface area contributed by atoms with E-state index in [1.807, 2.05) is 20.0 Å². The zero-order valence-electron chi connectivity index (χ0n) is 9.33. The minimum absolute atomic E-state index is 0.0411. The van der Waals surface area contributed by atoms with Gasteiger partial charge in [-0.05, 0) is 37.7 Å². The van der Waals surface area contributed by atoms with E-state index in [1.54, 1.807) is 18.4 Å². The highest BCUT2D eigenvalue weighted by atomic mass is 19.1. The Morgan fingerprint density at radius 2 is 1.88 bits per heavy atom. The number of hydrogen-bond acceptors (Lipinski definition) is 2. The minimum Gasteiger partial charge on any atom is -0.469 e. The molecule has 3 heteroatoms. The van der Waals surface area contributed by atoms with E-state index in [4.69, 9.17) is 4.42 Å². The lowest BCUT2D eigenvalue weighted by molar-refractivity contribution is 0.523. The number of furan rings is 1. The van der Waals surface area contributed by atoms with Crippen LogP contribution in [0.15, 0.2) is 41.0 Å². The number of halogens is 1. The third-order valence-corrected chi connectivity index (χ3v) is 2.70. The lowest BCUT2D eigenvalue weighted by Gasteiger charge is -2.15. The van der Waals surface area contributed by atoms with Crippen molar-refractivity contribution in [3.05, 3.63) is 59.3 Å². The van der Waals surface area contributed by atoms with Gasteiger partial charge in [-0.2, -0.15) is 0 Å². The van der Waals surface area contributed by atoms with Crippen molar-refractivity contribution in [3.63, 3.8) is 0 Å². The molecule has 0 fully saturated rings. The van der Waals surface area contributed by atoms with E-state index in [0.29, 0.717) is 0 Å². The first-order valence-corrected chi connectivity index (χ1v) is 5.19. The van der Waals surface area contributed by atoms with Crippen molar-refractivity contribution in [2.45, 2.75) is 13.0 Å². The van der Waals surface area contributed by atoms with Crippen LogP contribution in [0.4, 0.5) is 4.39 Å². The molecule has 2 rings (SSSR count). The van der Waals surface area contributed by atoms with Gasteiger partial charge >= 0.3 is 0 Å². The van der Waals surface area contributed by atoms with E-state index in [-0.39, 0.29) is 11.9 Å². The average Bonchev–Trinajstić information content (AvgIpc) is 2.69. The SMILES string of the molecule is CNC(c1ccc(F)cc1)c1ccoc1C. The first-order valence-electron chi connectivity index (χ1n) is 5.19. The Morgan fingerprint density at radius 3 is 2.38 bits per heavy atom. The van der Waals surface area contributed by atoms with Gasteiger partial charge < -0.3 is 9.73 Å². The van der Waals surface area contributed by atoms with Gasteiger partial charge in [0.1, 0.15) is 11.6 Å². The van der Waals surface area contributed by atoms with Gasteiger partial charge in [-0.15, -0.1) is 0 Å². The highest BCUT2D eigenvalue weighted by Crippen LogP contribution is 2.25.